The zero-order chi connectivity index (χ0) is 13.5. The summed E-state index contributed by atoms with van der Waals surface area (Å²) in [4.78, 5) is 26.4. The molecule has 0 radical (unpaired) electrons. The van der Waals surface area contributed by atoms with E-state index in [0.29, 0.717) is 12.0 Å². The summed E-state index contributed by atoms with van der Waals surface area (Å²) in [6, 6.07) is 7.34. The Kier molecular flexibility index (Phi) is 2.81. The van der Waals surface area contributed by atoms with Gasteiger partial charge in [-0.15, -0.1) is 0 Å². The van der Waals surface area contributed by atoms with Gasteiger partial charge >= 0.3 is 5.97 Å². The summed E-state index contributed by atoms with van der Waals surface area (Å²) in [5, 5.41) is 0. The molecule has 0 saturated carbocycles. The number of ether oxygens (including phenoxy) is 1. The molecule has 3 rings (SSSR count). The second-order valence-electron chi connectivity index (χ2n) is 5.45. The van der Waals surface area contributed by atoms with Crippen LogP contribution in [0, 0.1) is 0 Å². The standard InChI is InChI=1S/C15H17NO3/c1-15(14(18)16-8-4-5-9-16)10-11-6-2-3-7-12(11)13(17)19-15/h2-3,6-7H,4-5,8-10H2,1H3. The number of cyclic esters (lactones) is 1. The number of hydrogen-bond donors (Lipinski definition) is 0. The molecular formula is C15H17NO3. The van der Waals surface area contributed by atoms with Crippen LogP contribution in [0.5, 0.6) is 0 Å². The van der Waals surface area contributed by atoms with Crippen LogP contribution in [0.25, 0.3) is 0 Å². The van der Waals surface area contributed by atoms with Gasteiger partial charge in [-0.2, -0.15) is 0 Å². The molecular weight excluding hydrogens is 242 g/mol. The van der Waals surface area contributed by atoms with Crippen LogP contribution in [0.15, 0.2) is 24.3 Å². The van der Waals surface area contributed by atoms with Gasteiger partial charge in [-0.25, -0.2) is 4.79 Å². The largest absolute Gasteiger partial charge is 0.445 e. The molecule has 0 aliphatic carbocycles. The van der Waals surface area contributed by atoms with E-state index >= 15 is 0 Å². The minimum Gasteiger partial charge on any atom is -0.445 e. The fourth-order valence-corrected chi connectivity index (χ4v) is 2.91. The van der Waals surface area contributed by atoms with Crippen LogP contribution >= 0.6 is 0 Å². The van der Waals surface area contributed by atoms with E-state index < -0.39 is 11.6 Å². The summed E-state index contributed by atoms with van der Waals surface area (Å²) in [5.74, 6) is -0.454. The first-order valence-electron chi connectivity index (χ1n) is 6.71. The average Bonchev–Trinajstić information content (AvgIpc) is 2.91. The molecule has 2 aliphatic rings. The van der Waals surface area contributed by atoms with E-state index in [0.717, 1.165) is 31.5 Å². The number of carbonyl (C=O) groups excluding carboxylic acids is 2. The molecule has 0 bridgehead atoms. The van der Waals surface area contributed by atoms with E-state index in [1.165, 1.54) is 0 Å². The van der Waals surface area contributed by atoms with Gasteiger partial charge in [-0.3, -0.25) is 4.79 Å². The molecule has 0 aromatic heterocycles. The quantitative estimate of drug-likeness (QED) is 0.722. The number of amides is 1. The molecule has 1 atom stereocenters. The number of rotatable bonds is 1. The summed E-state index contributed by atoms with van der Waals surface area (Å²) in [7, 11) is 0. The first-order chi connectivity index (χ1) is 9.10. The van der Waals surface area contributed by atoms with Crippen molar-refractivity contribution in [2.75, 3.05) is 13.1 Å². The van der Waals surface area contributed by atoms with Crippen molar-refractivity contribution in [3.05, 3.63) is 35.4 Å². The first kappa shape index (κ1) is 12.2. The first-order valence-corrected chi connectivity index (χ1v) is 6.71. The molecule has 1 aromatic carbocycles. The smallest absolute Gasteiger partial charge is 0.339 e. The van der Waals surface area contributed by atoms with Gasteiger partial charge in [-0.05, 0) is 31.4 Å². The maximum absolute atomic E-state index is 12.5. The molecule has 1 unspecified atom stereocenters. The minimum atomic E-state index is -1.05. The van der Waals surface area contributed by atoms with Crippen molar-refractivity contribution in [1.82, 2.24) is 4.90 Å². The summed E-state index contributed by atoms with van der Waals surface area (Å²) >= 11 is 0. The summed E-state index contributed by atoms with van der Waals surface area (Å²) in [6.45, 7) is 3.27. The molecule has 100 valence electrons. The van der Waals surface area contributed by atoms with Crippen molar-refractivity contribution < 1.29 is 14.3 Å². The Balaban J connectivity index is 1.90. The van der Waals surface area contributed by atoms with Crippen molar-refractivity contribution in [2.24, 2.45) is 0 Å². The van der Waals surface area contributed by atoms with Crippen molar-refractivity contribution in [1.29, 1.82) is 0 Å². The van der Waals surface area contributed by atoms with E-state index in [2.05, 4.69) is 0 Å². The van der Waals surface area contributed by atoms with E-state index in [1.807, 2.05) is 18.2 Å². The van der Waals surface area contributed by atoms with E-state index in [1.54, 1.807) is 17.9 Å². The second kappa shape index (κ2) is 4.37. The fraction of sp³-hybridized carbons (Fsp3) is 0.467. The van der Waals surface area contributed by atoms with Gasteiger partial charge in [0.15, 0.2) is 5.60 Å². The molecule has 19 heavy (non-hydrogen) atoms. The van der Waals surface area contributed by atoms with Gasteiger partial charge < -0.3 is 9.64 Å². The predicted molar refractivity (Wildman–Crippen MR) is 69.8 cm³/mol. The Morgan fingerprint density at radius 1 is 1.26 bits per heavy atom. The van der Waals surface area contributed by atoms with Crippen LogP contribution in [-0.2, 0) is 16.0 Å². The number of hydrogen-bond acceptors (Lipinski definition) is 3. The number of nitrogens with zero attached hydrogens (tertiary/aromatic N) is 1. The summed E-state index contributed by atoms with van der Waals surface area (Å²) in [6.07, 6.45) is 2.53. The van der Waals surface area contributed by atoms with Crippen LogP contribution in [0.2, 0.25) is 0 Å². The highest BCUT2D eigenvalue weighted by Gasteiger charge is 2.45. The predicted octanol–water partition coefficient (Wildman–Crippen LogP) is 1.78. The number of esters is 1. The molecule has 1 amide bonds. The van der Waals surface area contributed by atoms with Crippen LogP contribution in [0.3, 0.4) is 0 Å². The van der Waals surface area contributed by atoms with Crippen LogP contribution < -0.4 is 0 Å². The van der Waals surface area contributed by atoms with Crippen LogP contribution in [0.1, 0.15) is 35.7 Å². The van der Waals surface area contributed by atoms with Crippen molar-refractivity contribution in [3.8, 4) is 0 Å². The Labute approximate surface area is 112 Å². The lowest BCUT2D eigenvalue weighted by atomic mass is 9.89. The van der Waals surface area contributed by atoms with Gasteiger partial charge in [-0.1, -0.05) is 18.2 Å². The topological polar surface area (TPSA) is 46.6 Å². The number of fused-ring (bicyclic) bond motifs is 1. The van der Waals surface area contributed by atoms with E-state index in [9.17, 15) is 9.59 Å². The van der Waals surface area contributed by atoms with Gasteiger partial charge in [0.25, 0.3) is 5.91 Å². The third kappa shape index (κ3) is 2.01. The Hall–Kier alpha value is -1.84. The molecule has 1 fully saturated rings. The molecule has 4 nitrogen and oxygen atoms in total. The lowest BCUT2D eigenvalue weighted by molar-refractivity contribution is -0.150. The van der Waals surface area contributed by atoms with Gasteiger partial charge in [0.05, 0.1) is 5.56 Å². The SMILES string of the molecule is CC1(C(=O)N2CCCC2)Cc2ccccc2C(=O)O1. The average molecular weight is 259 g/mol. The monoisotopic (exact) mass is 259 g/mol. The maximum Gasteiger partial charge on any atom is 0.339 e. The molecule has 0 N–H and O–H groups in total. The summed E-state index contributed by atoms with van der Waals surface area (Å²) in [5.41, 5.74) is 0.429. The van der Waals surface area contributed by atoms with Crippen molar-refractivity contribution in [3.63, 3.8) is 0 Å². The zero-order valence-electron chi connectivity index (χ0n) is 11.0. The molecule has 1 saturated heterocycles. The Morgan fingerprint density at radius 2 is 1.95 bits per heavy atom. The molecule has 1 aromatic rings. The lowest BCUT2D eigenvalue weighted by Crippen LogP contribution is -2.52. The second-order valence-corrected chi connectivity index (χ2v) is 5.45. The van der Waals surface area contributed by atoms with Crippen molar-refractivity contribution >= 4 is 11.9 Å². The Morgan fingerprint density at radius 3 is 2.68 bits per heavy atom. The number of likely N-dealkylation sites (tertiary alicyclic amines) is 1. The van der Waals surface area contributed by atoms with Gasteiger partial charge in [0.2, 0.25) is 0 Å². The minimum absolute atomic E-state index is 0.0622. The molecule has 2 aliphatic heterocycles. The highest BCUT2D eigenvalue weighted by atomic mass is 16.6. The third-order valence-corrected chi connectivity index (χ3v) is 3.93. The fourth-order valence-electron chi connectivity index (χ4n) is 2.91. The third-order valence-electron chi connectivity index (χ3n) is 3.93. The normalized spacial score (nSPS) is 25.9. The molecule has 2 heterocycles. The van der Waals surface area contributed by atoms with Crippen molar-refractivity contribution in [2.45, 2.75) is 31.8 Å². The van der Waals surface area contributed by atoms with E-state index in [-0.39, 0.29) is 5.91 Å². The Bertz CT molecular complexity index is 534. The summed E-state index contributed by atoms with van der Waals surface area (Å²) < 4.78 is 5.44. The molecule has 0 spiro atoms. The zero-order valence-corrected chi connectivity index (χ0v) is 11.0. The van der Waals surface area contributed by atoms with E-state index in [4.69, 9.17) is 4.74 Å². The number of carbonyl (C=O) groups is 2. The molecule has 4 heteroatoms. The highest BCUT2D eigenvalue weighted by Crippen LogP contribution is 2.30. The van der Waals surface area contributed by atoms with Gasteiger partial charge in [0, 0.05) is 19.5 Å². The number of benzene rings is 1. The highest BCUT2D eigenvalue weighted by molar-refractivity contribution is 5.97. The van der Waals surface area contributed by atoms with Crippen LogP contribution in [0.4, 0.5) is 0 Å². The lowest BCUT2D eigenvalue weighted by Gasteiger charge is -2.35. The maximum atomic E-state index is 12.5. The van der Waals surface area contributed by atoms with Gasteiger partial charge in [0.1, 0.15) is 0 Å². The van der Waals surface area contributed by atoms with Crippen LogP contribution in [-0.4, -0.2) is 35.5 Å².